The number of thioether (sulfide) groups is 1. The van der Waals surface area contributed by atoms with E-state index in [-0.39, 0.29) is 23.2 Å². The van der Waals surface area contributed by atoms with Gasteiger partial charge in [0.1, 0.15) is 5.44 Å². The minimum absolute atomic E-state index is 0.0851. The van der Waals surface area contributed by atoms with Crippen LogP contribution in [-0.2, 0) is 23.8 Å². The number of hydrogen-bond donors (Lipinski definition) is 1. The smallest absolute Gasteiger partial charge is 0.362 e. The van der Waals surface area contributed by atoms with Crippen molar-refractivity contribution in [3.05, 3.63) is 0 Å². The Hall–Kier alpha value is -0.520. The van der Waals surface area contributed by atoms with Crippen LogP contribution < -0.4 is 5.32 Å². The normalized spacial score (nSPS) is 32.7. The quantitative estimate of drug-likeness (QED) is 0.664. The first-order valence-corrected chi connectivity index (χ1v) is 11.2. The lowest BCUT2D eigenvalue weighted by Crippen LogP contribution is -2.60. The minimum Gasteiger partial charge on any atom is -0.362 e. The summed E-state index contributed by atoms with van der Waals surface area (Å²) < 4.78 is 71.9. The van der Waals surface area contributed by atoms with Crippen LogP contribution in [0.3, 0.4) is 0 Å². The van der Waals surface area contributed by atoms with Crippen LogP contribution in [0.2, 0.25) is 0 Å². The number of halogens is 3. The molecule has 0 aliphatic carbocycles. The fourth-order valence-electron chi connectivity index (χ4n) is 3.15. The van der Waals surface area contributed by atoms with Gasteiger partial charge in [0.05, 0.1) is 24.5 Å². The van der Waals surface area contributed by atoms with Crippen LogP contribution in [0.1, 0.15) is 27.7 Å². The number of amides is 1. The zero-order chi connectivity index (χ0) is 20.4. The van der Waals surface area contributed by atoms with E-state index in [4.69, 9.17) is 8.92 Å². The largest absolute Gasteiger partial charge is 0.471 e. The summed E-state index contributed by atoms with van der Waals surface area (Å²) in [6.45, 7) is 7.05. The molecule has 0 radical (unpaired) electrons. The van der Waals surface area contributed by atoms with Crippen molar-refractivity contribution in [2.45, 2.75) is 57.6 Å². The molecule has 1 rings (SSSR count). The van der Waals surface area contributed by atoms with Gasteiger partial charge >= 0.3 is 12.1 Å². The van der Waals surface area contributed by atoms with E-state index in [0.29, 0.717) is 0 Å². The van der Waals surface area contributed by atoms with Crippen molar-refractivity contribution in [1.82, 2.24) is 5.32 Å². The predicted molar refractivity (Wildman–Crippen MR) is 93.0 cm³/mol. The molecule has 0 bridgehead atoms. The van der Waals surface area contributed by atoms with Crippen molar-refractivity contribution in [2.75, 3.05) is 12.5 Å². The molecular weight excluding hydrogens is 395 g/mol. The number of nitrogens with one attached hydrogen (secondary N) is 1. The monoisotopic (exact) mass is 421 g/mol. The second kappa shape index (κ2) is 8.66. The molecule has 0 aromatic carbocycles. The summed E-state index contributed by atoms with van der Waals surface area (Å²) >= 11 is 1.41. The fourth-order valence-corrected chi connectivity index (χ4v) is 4.73. The maximum absolute atomic E-state index is 12.7. The van der Waals surface area contributed by atoms with Gasteiger partial charge in [-0.1, -0.05) is 20.8 Å². The number of hydrogen-bond acceptors (Lipinski definition) is 6. The third kappa shape index (κ3) is 6.00. The van der Waals surface area contributed by atoms with E-state index >= 15 is 0 Å². The second-order valence-electron chi connectivity index (χ2n) is 6.78. The number of carbonyl (C=O) groups is 1. The van der Waals surface area contributed by atoms with Crippen molar-refractivity contribution in [2.24, 2.45) is 17.8 Å². The summed E-state index contributed by atoms with van der Waals surface area (Å²) in [4.78, 5) is 11.5. The van der Waals surface area contributed by atoms with E-state index in [1.807, 2.05) is 32.3 Å². The fraction of sp³-hybridized carbons (Fsp3) is 0.933. The van der Waals surface area contributed by atoms with E-state index < -0.39 is 40.5 Å². The van der Waals surface area contributed by atoms with Crippen LogP contribution >= 0.6 is 11.8 Å². The third-order valence-electron chi connectivity index (χ3n) is 4.87. The highest BCUT2D eigenvalue weighted by molar-refractivity contribution is 7.99. The van der Waals surface area contributed by atoms with Gasteiger partial charge in [-0.05, 0) is 30.9 Å². The van der Waals surface area contributed by atoms with Gasteiger partial charge in [0.2, 0.25) is 0 Å². The average Bonchev–Trinajstić information content (AvgIpc) is 2.48. The molecule has 26 heavy (non-hydrogen) atoms. The maximum atomic E-state index is 12.7. The predicted octanol–water partition coefficient (Wildman–Crippen LogP) is 2.39. The molecular formula is C15H26F3NO5S2. The van der Waals surface area contributed by atoms with Gasteiger partial charge in [0.25, 0.3) is 10.1 Å². The van der Waals surface area contributed by atoms with E-state index in [0.717, 1.165) is 6.26 Å². The molecule has 2 unspecified atom stereocenters. The van der Waals surface area contributed by atoms with Crippen LogP contribution in [-0.4, -0.2) is 56.7 Å². The molecule has 1 amide bonds. The molecule has 1 N–H and O–H groups in total. The van der Waals surface area contributed by atoms with E-state index in [1.165, 1.54) is 18.7 Å². The standard InChI is InChI=1S/C15H26F3NO5S2/c1-7-8(2)12(23-13(25-5)9(7)3)11(10(4)24-26(6,21)22)19-14(20)15(16,17)18/h7-13H,1-6H3,(H,19,20)/t7-,8?,9-,10-,11-,12+,13?/m1/s1. The third-order valence-corrected chi connectivity index (χ3v) is 6.53. The van der Waals surface area contributed by atoms with Gasteiger partial charge in [0, 0.05) is 0 Å². The van der Waals surface area contributed by atoms with Crippen LogP contribution in [0.4, 0.5) is 13.2 Å². The summed E-state index contributed by atoms with van der Waals surface area (Å²) in [5.74, 6) is -2.16. The Morgan fingerprint density at radius 3 is 2.15 bits per heavy atom. The Bertz CT molecular complexity index is 597. The minimum atomic E-state index is -5.10. The number of alkyl halides is 3. The van der Waals surface area contributed by atoms with Crippen molar-refractivity contribution < 1.29 is 35.3 Å². The Morgan fingerprint density at radius 1 is 1.19 bits per heavy atom. The topological polar surface area (TPSA) is 81.7 Å². The highest BCUT2D eigenvalue weighted by Gasteiger charge is 2.48. The van der Waals surface area contributed by atoms with E-state index in [2.05, 4.69) is 0 Å². The van der Waals surface area contributed by atoms with Gasteiger partial charge < -0.3 is 10.1 Å². The molecule has 0 saturated carbocycles. The molecule has 6 nitrogen and oxygen atoms in total. The first kappa shape index (κ1) is 23.5. The molecule has 7 atom stereocenters. The van der Waals surface area contributed by atoms with Gasteiger partial charge in [-0.3, -0.25) is 8.98 Å². The lowest BCUT2D eigenvalue weighted by Gasteiger charge is -2.47. The van der Waals surface area contributed by atoms with Crippen molar-refractivity contribution in [3.8, 4) is 0 Å². The highest BCUT2D eigenvalue weighted by Crippen LogP contribution is 2.40. The summed E-state index contributed by atoms with van der Waals surface area (Å²) in [6, 6.07) is -1.28. The van der Waals surface area contributed by atoms with E-state index in [1.54, 1.807) is 0 Å². The number of ether oxygens (including phenoxy) is 1. The van der Waals surface area contributed by atoms with Crippen molar-refractivity contribution in [3.63, 3.8) is 0 Å². The summed E-state index contributed by atoms with van der Waals surface area (Å²) in [7, 11) is -3.93. The van der Waals surface area contributed by atoms with Gasteiger partial charge in [-0.2, -0.15) is 21.6 Å². The van der Waals surface area contributed by atoms with Crippen molar-refractivity contribution >= 4 is 27.8 Å². The summed E-state index contributed by atoms with van der Waals surface area (Å²) in [6.07, 6.45) is -4.54. The van der Waals surface area contributed by atoms with E-state index in [9.17, 15) is 26.4 Å². The van der Waals surface area contributed by atoms with Crippen molar-refractivity contribution in [1.29, 1.82) is 0 Å². The molecule has 154 valence electrons. The molecule has 0 aromatic heterocycles. The molecule has 1 heterocycles. The average molecular weight is 422 g/mol. The first-order valence-electron chi connectivity index (χ1n) is 8.13. The van der Waals surface area contributed by atoms with Gasteiger partial charge in [-0.25, -0.2) is 0 Å². The molecule has 1 saturated heterocycles. The molecule has 1 fully saturated rings. The van der Waals surface area contributed by atoms with Crippen LogP contribution in [0.15, 0.2) is 0 Å². The zero-order valence-electron chi connectivity index (χ0n) is 15.5. The zero-order valence-corrected chi connectivity index (χ0v) is 17.2. The Morgan fingerprint density at radius 2 is 1.73 bits per heavy atom. The maximum Gasteiger partial charge on any atom is 0.471 e. The second-order valence-corrected chi connectivity index (χ2v) is 9.32. The highest BCUT2D eigenvalue weighted by atomic mass is 32.2. The lowest BCUT2D eigenvalue weighted by atomic mass is 9.77. The molecule has 11 heteroatoms. The Kier molecular flexibility index (Phi) is 7.83. The van der Waals surface area contributed by atoms with Gasteiger partial charge in [-0.15, -0.1) is 11.8 Å². The van der Waals surface area contributed by atoms with Crippen LogP contribution in [0.5, 0.6) is 0 Å². The molecule has 1 aliphatic heterocycles. The SMILES string of the molecule is CSC1O[C@H]([C@H](NC(=O)C(F)(F)F)[C@@H](C)OS(C)(=O)=O)C(C)[C@@H](C)[C@H]1C. The Labute approximate surface area is 156 Å². The first-order chi connectivity index (χ1) is 11.7. The number of carbonyl (C=O) groups excluding carboxylic acids is 1. The lowest BCUT2D eigenvalue weighted by molar-refractivity contribution is -0.179. The number of rotatable bonds is 6. The Balaban J connectivity index is 3.18. The van der Waals surface area contributed by atoms with Crippen LogP contribution in [0.25, 0.3) is 0 Å². The molecule has 0 spiro atoms. The van der Waals surface area contributed by atoms with Crippen LogP contribution in [0, 0.1) is 17.8 Å². The van der Waals surface area contributed by atoms with Gasteiger partial charge in [0.15, 0.2) is 0 Å². The summed E-state index contributed by atoms with van der Waals surface area (Å²) in [5.41, 5.74) is -0.290. The summed E-state index contributed by atoms with van der Waals surface area (Å²) in [5, 5.41) is 1.87. The molecule has 1 aliphatic rings. The molecule has 0 aromatic rings.